The molecule has 1 aliphatic rings. The van der Waals surface area contributed by atoms with Gasteiger partial charge in [0, 0.05) is 12.1 Å². The van der Waals surface area contributed by atoms with Crippen LogP contribution in [0.1, 0.15) is 59.8 Å². The Bertz CT molecular complexity index is 730. The molecule has 1 fully saturated rings. The summed E-state index contributed by atoms with van der Waals surface area (Å²) in [5.74, 6) is 2.02. The molecule has 0 saturated heterocycles. The van der Waals surface area contributed by atoms with Gasteiger partial charge in [-0.25, -0.2) is 0 Å². The van der Waals surface area contributed by atoms with Crippen molar-refractivity contribution in [3.63, 3.8) is 0 Å². The standard InChI is InChI=1S/C20H25N3OS/c1-3-13-23-15(2)21-22-20(23)25-14-19(24)18-11-9-17(10-12-18)16-7-5-4-6-8-16/h3,9-12,16H,1,4-8,13-14H2,2H3. The molecule has 2 aromatic rings. The van der Waals surface area contributed by atoms with Crippen LogP contribution in [-0.4, -0.2) is 26.3 Å². The summed E-state index contributed by atoms with van der Waals surface area (Å²) in [5, 5.41) is 9.00. The van der Waals surface area contributed by atoms with Crippen LogP contribution in [0, 0.1) is 6.92 Å². The van der Waals surface area contributed by atoms with E-state index >= 15 is 0 Å². The molecule has 0 spiro atoms. The number of thioether (sulfide) groups is 1. The van der Waals surface area contributed by atoms with Gasteiger partial charge >= 0.3 is 0 Å². The van der Waals surface area contributed by atoms with Crippen LogP contribution in [0.2, 0.25) is 0 Å². The fraction of sp³-hybridized carbons (Fsp3) is 0.450. The van der Waals surface area contributed by atoms with Crippen molar-refractivity contribution in [2.24, 2.45) is 0 Å². The van der Waals surface area contributed by atoms with Gasteiger partial charge in [0.05, 0.1) is 5.75 Å². The minimum Gasteiger partial charge on any atom is -0.302 e. The van der Waals surface area contributed by atoms with Crippen molar-refractivity contribution in [1.82, 2.24) is 14.8 Å². The number of nitrogens with zero attached hydrogens (tertiary/aromatic N) is 3. The Labute approximate surface area is 153 Å². The van der Waals surface area contributed by atoms with Crippen LogP contribution in [-0.2, 0) is 6.54 Å². The highest BCUT2D eigenvalue weighted by molar-refractivity contribution is 7.99. The van der Waals surface area contributed by atoms with Gasteiger partial charge in [0.15, 0.2) is 10.9 Å². The van der Waals surface area contributed by atoms with Crippen LogP contribution < -0.4 is 0 Å². The second-order valence-corrected chi connectivity index (χ2v) is 7.54. The molecular weight excluding hydrogens is 330 g/mol. The van der Waals surface area contributed by atoms with E-state index in [1.807, 2.05) is 29.7 Å². The normalized spacial score (nSPS) is 15.2. The first-order chi connectivity index (χ1) is 12.2. The molecule has 4 nitrogen and oxygen atoms in total. The molecule has 0 radical (unpaired) electrons. The summed E-state index contributed by atoms with van der Waals surface area (Å²) in [6, 6.07) is 8.23. The predicted molar refractivity (Wildman–Crippen MR) is 102 cm³/mol. The van der Waals surface area contributed by atoms with E-state index in [0.717, 1.165) is 16.5 Å². The third kappa shape index (κ3) is 4.40. The van der Waals surface area contributed by atoms with Crippen molar-refractivity contribution in [2.45, 2.75) is 56.6 Å². The molecule has 0 aliphatic heterocycles. The number of aryl methyl sites for hydroxylation is 1. The molecule has 1 heterocycles. The Morgan fingerprint density at radius 3 is 2.64 bits per heavy atom. The van der Waals surface area contributed by atoms with E-state index in [1.54, 1.807) is 0 Å². The number of allylic oxidation sites excluding steroid dienone is 1. The summed E-state index contributed by atoms with van der Waals surface area (Å²) >= 11 is 1.44. The van der Waals surface area contributed by atoms with E-state index < -0.39 is 0 Å². The Kier molecular flexibility index (Phi) is 6.08. The average molecular weight is 356 g/mol. The highest BCUT2D eigenvalue weighted by Gasteiger charge is 2.16. The Morgan fingerprint density at radius 2 is 1.96 bits per heavy atom. The number of carbonyl (C=O) groups excluding carboxylic acids is 1. The van der Waals surface area contributed by atoms with Crippen LogP contribution in [0.5, 0.6) is 0 Å². The van der Waals surface area contributed by atoms with E-state index in [9.17, 15) is 4.79 Å². The first-order valence-electron chi connectivity index (χ1n) is 8.95. The van der Waals surface area contributed by atoms with Crippen LogP contribution in [0.3, 0.4) is 0 Å². The number of Topliss-reactive ketones (excluding diaryl/α,β-unsaturated/α-hetero) is 1. The zero-order chi connectivity index (χ0) is 17.6. The Hall–Kier alpha value is -1.88. The number of hydrogen-bond acceptors (Lipinski definition) is 4. The second kappa shape index (κ2) is 8.48. The molecule has 1 aliphatic carbocycles. The van der Waals surface area contributed by atoms with E-state index in [2.05, 4.69) is 28.9 Å². The molecule has 0 unspecified atom stereocenters. The lowest BCUT2D eigenvalue weighted by molar-refractivity contribution is 0.102. The summed E-state index contributed by atoms with van der Waals surface area (Å²) in [4.78, 5) is 12.5. The van der Waals surface area contributed by atoms with Crippen molar-refractivity contribution in [2.75, 3.05) is 5.75 Å². The molecule has 0 amide bonds. The lowest BCUT2D eigenvalue weighted by Gasteiger charge is -2.22. The Morgan fingerprint density at radius 1 is 1.24 bits per heavy atom. The maximum atomic E-state index is 12.5. The predicted octanol–water partition coefficient (Wildman–Crippen LogP) is 4.80. The fourth-order valence-corrected chi connectivity index (χ4v) is 4.29. The zero-order valence-electron chi connectivity index (χ0n) is 14.8. The maximum absolute atomic E-state index is 12.5. The fourth-order valence-electron chi connectivity index (χ4n) is 3.40. The zero-order valence-corrected chi connectivity index (χ0v) is 15.6. The van der Waals surface area contributed by atoms with Gasteiger partial charge in [-0.05, 0) is 31.2 Å². The molecule has 0 N–H and O–H groups in total. The molecule has 0 bridgehead atoms. The largest absolute Gasteiger partial charge is 0.302 e. The highest BCUT2D eigenvalue weighted by Crippen LogP contribution is 2.32. The lowest BCUT2D eigenvalue weighted by Crippen LogP contribution is -2.07. The van der Waals surface area contributed by atoms with Gasteiger partial charge < -0.3 is 4.57 Å². The van der Waals surface area contributed by atoms with Crippen molar-refractivity contribution in [3.05, 3.63) is 53.9 Å². The first kappa shape index (κ1) is 17.9. The van der Waals surface area contributed by atoms with Crippen LogP contribution in [0.15, 0.2) is 42.1 Å². The van der Waals surface area contributed by atoms with Gasteiger partial charge in [-0.1, -0.05) is 61.4 Å². The van der Waals surface area contributed by atoms with Gasteiger partial charge in [-0.2, -0.15) is 0 Å². The SMILES string of the molecule is C=CCn1c(C)nnc1SCC(=O)c1ccc(C2CCCCC2)cc1. The van der Waals surface area contributed by atoms with E-state index in [4.69, 9.17) is 0 Å². The number of ketones is 1. The number of rotatable bonds is 7. The smallest absolute Gasteiger partial charge is 0.191 e. The molecule has 1 aromatic heterocycles. The molecule has 1 saturated carbocycles. The lowest BCUT2D eigenvalue weighted by atomic mass is 9.84. The van der Waals surface area contributed by atoms with Crippen molar-refractivity contribution < 1.29 is 4.79 Å². The monoisotopic (exact) mass is 355 g/mol. The van der Waals surface area contributed by atoms with Gasteiger partial charge in [0.1, 0.15) is 5.82 Å². The van der Waals surface area contributed by atoms with Gasteiger partial charge in [-0.3, -0.25) is 4.79 Å². The minimum atomic E-state index is 0.131. The third-order valence-electron chi connectivity index (χ3n) is 4.86. The maximum Gasteiger partial charge on any atom is 0.191 e. The molecule has 25 heavy (non-hydrogen) atoms. The Balaban J connectivity index is 1.60. The molecule has 1 aromatic carbocycles. The first-order valence-corrected chi connectivity index (χ1v) is 9.94. The van der Waals surface area contributed by atoms with Crippen LogP contribution in [0.25, 0.3) is 0 Å². The summed E-state index contributed by atoms with van der Waals surface area (Å²) in [7, 11) is 0. The highest BCUT2D eigenvalue weighted by atomic mass is 32.2. The number of benzene rings is 1. The van der Waals surface area contributed by atoms with E-state index in [0.29, 0.717) is 18.2 Å². The van der Waals surface area contributed by atoms with Crippen molar-refractivity contribution in [1.29, 1.82) is 0 Å². The summed E-state index contributed by atoms with van der Waals surface area (Å²) in [6.45, 7) is 6.32. The minimum absolute atomic E-state index is 0.131. The van der Waals surface area contributed by atoms with Crippen molar-refractivity contribution in [3.8, 4) is 0 Å². The third-order valence-corrected chi connectivity index (χ3v) is 5.82. The van der Waals surface area contributed by atoms with Gasteiger partial charge in [0.2, 0.25) is 0 Å². The van der Waals surface area contributed by atoms with Crippen LogP contribution >= 0.6 is 11.8 Å². The topological polar surface area (TPSA) is 47.8 Å². The van der Waals surface area contributed by atoms with Gasteiger partial charge in [-0.15, -0.1) is 16.8 Å². The molecule has 0 atom stereocenters. The summed E-state index contributed by atoms with van der Waals surface area (Å²) in [6.07, 6.45) is 8.38. The van der Waals surface area contributed by atoms with E-state index in [1.165, 1.54) is 49.4 Å². The number of hydrogen-bond donors (Lipinski definition) is 0. The molecule has 132 valence electrons. The molecule has 5 heteroatoms. The van der Waals surface area contributed by atoms with Gasteiger partial charge in [0.25, 0.3) is 0 Å². The quantitative estimate of drug-likeness (QED) is 0.407. The average Bonchev–Trinajstić information content (AvgIpc) is 3.01. The summed E-state index contributed by atoms with van der Waals surface area (Å²) < 4.78 is 1.97. The molecular formula is C20H25N3OS. The van der Waals surface area contributed by atoms with E-state index in [-0.39, 0.29) is 5.78 Å². The number of aromatic nitrogens is 3. The summed E-state index contributed by atoms with van der Waals surface area (Å²) in [5.41, 5.74) is 2.16. The number of carbonyl (C=O) groups is 1. The molecule has 3 rings (SSSR count). The van der Waals surface area contributed by atoms with Crippen LogP contribution in [0.4, 0.5) is 0 Å². The second-order valence-electron chi connectivity index (χ2n) is 6.60. The van der Waals surface area contributed by atoms with Crippen molar-refractivity contribution >= 4 is 17.5 Å².